The zero-order valence-electron chi connectivity index (χ0n) is 16.3. The summed E-state index contributed by atoms with van der Waals surface area (Å²) in [5.41, 5.74) is -0.769. The lowest BCUT2D eigenvalue weighted by Crippen LogP contribution is -2.07. The molecule has 5 aromatic rings. The molecule has 5 rings (SSSR count). The van der Waals surface area contributed by atoms with Crippen LogP contribution in [-0.2, 0) is 0 Å². The Kier molecular flexibility index (Phi) is 4.30. The van der Waals surface area contributed by atoms with Gasteiger partial charge in [0, 0.05) is 26.0 Å². The van der Waals surface area contributed by atoms with Crippen molar-refractivity contribution in [2.24, 2.45) is 0 Å². The van der Waals surface area contributed by atoms with Crippen molar-refractivity contribution in [1.29, 1.82) is 0 Å². The van der Waals surface area contributed by atoms with Crippen molar-refractivity contribution >= 4 is 82.9 Å². The van der Waals surface area contributed by atoms with E-state index in [1.807, 2.05) is 0 Å². The molecule has 33 heavy (non-hydrogen) atoms. The number of hydrogen-bond donors (Lipinski definition) is 4. The molecule has 0 fully saturated rings. The molecule has 0 saturated heterocycles. The highest BCUT2D eigenvalue weighted by Gasteiger charge is 2.26. The lowest BCUT2D eigenvalue weighted by atomic mass is 9.84. The number of rotatable bonds is 4. The van der Waals surface area contributed by atoms with Crippen LogP contribution >= 0.6 is 15.9 Å². The molecule has 0 aliphatic rings. The highest BCUT2D eigenvalue weighted by Crippen LogP contribution is 2.46. The Balaban J connectivity index is 2.21. The predicted octanol–water partition coefficient (Wildman–Crippen LogP) is 5.29. The number of carboxylic acids is 4. The summed E-state index contributed by atoms with van der Waals surface area (Å²) < 4.78 is 0.354. The zero-order chi connectivity index (χ0) is 23.8. The number of aromatic carboxylic acids is 4. The SMILES string of the molecule is O=C(O)c1ccc2c3ccc(C(=O)O)c4c(C(=O)O)cc(Br)c(c5ccc(C(=O)O)c1c25)c43. The molecule has 0 spiro atoms. The first kappa shape index (κ1) is 20.7. The van der Waals surface area contributed by atoms with Gasteiger partial charge in [0.25, 0.3) is 0 Å². The maximum absolute atomic E-state index is 12.0. The van der Waals surface area contributed by atoms with E-state index in [0.717, 1.165) is 0 Å². The maximum Gasteiger partial charge on any atom is 0.336 e. The van der Waals surface area contributed by atoms with Crippen molar-refractivity contribution < 1.29 is 39.6 Å². The zero-order valence-corrected chi connectivity index (χ0v) is 17.9. The average Bonchev–Trinajstić information content (AvgIpc) is 2.76. The quantitative estimate of drug-likeness (QED) is 0.189. The first-order valence-electron chi connectivity index (χ1n) is 9.46. The van der Waals surface area contributed by atoms with Crippen LogP contribution in [0.15, 0.2) is 46.9 Å². The molecular weight excluding hydrogens is 496 g/mol. The molecular formula is C24H11BrO8. The number of benzene rings is 5. The van der Waals surface area contributed by atoms with Gasteiger partial charge in [0.1, 0.15) is 0 Å². The van der Waals surface area contributed by atoms with E-state index in [1.54, 1.807) is 0 Å². The highest BCUT2D eigenvalue weighted by atomic mass is 79.9. The third-order valence-electron chi connectivity index (χ3n) is 5.88. The summed E-state index contributed by atoms with van der Waals surface area (Å²) in [6, 6.07) is 9.78. The van der Waals surface area contributed by atoms with E-state index in [4.69, 9.17) is 0 Å². The number of halogens is 1. The van der Waals surface area contributed by atoms with Crippen LogP contribution in [0.2, 0.25) is 0 Å². The predicted molar refractivity (Wildman–Crippen MR) is 123 cm³/mol. The highest BCUT2D eigenvalue weighted by molar-refractivity contribution is 9.10. The van der Waals surface area contributed by atoms with Crippen LogP contribution in [-0.4, -0.2) is 44.3 Å². The minimum absolute atomic E-state index is 0.0362. The molecule has 0 saturated carbocycles. The van der Waals surface area contributed by atoms with Gasteiger partial charge < -0.3 is 20.4 Å². The fraction of sp³-hybridized carbons (Fsp3) is 0. The molecule has 0 radical (unpaired) electrons. The van der Waals surface area contributed by atoms with Gasteiger partial charge in [0.05, 0.1) is 22.3 Å². The molecule has 0 bridgehead atoms. The second-order valence-corrected chi connectivity index (χ2v) is 8.34. The number of hydrogen-bond acceptors (Lipinski definition) is 4. The van der Waals surface area contributed by atoms with E-state index >= 15 is 0 Å². The first-order valence-corrected chi connectivity index (χ1v) is 10.3. The van der Waals surface area contributed by atoms with E-state index in [2.05, 4.69) is 15.9 Å². The second kappa shape index (κ2) is 6.88. The van der Waals surface area contributed by atoms with Crippen molar-refractivity contribution in [3.05, 3.63) is 69.2 Å². The van der Waals surface area contributed by atoms with Gasteiger partial charge in [0.2, 0.25) is 0 Å². The average molecular weight is 507 g/mol. The van der Waals surface area contributed by atoms with E-state index in [0.29, 0.717) is 36.8 Å². The largest absolute Gasteiger partial charge is 0.478 e. The molecule has 0 aliphatic carbocycles. The van der Waals surface area contributed by atoms with Gasteiger partial charge in [-0.1, -0.05) is 34.1 Å². The molecule has 0 amide bonds. The minimum Gasteiger partial charge on any atom is -0.478 e. The van der Waals surface area contributed by atoms with Gasteiger partial charge in [-0.2, -0.15) is 0 Å². The topological polar surface area (TPSA) is 149 Å². The third kappa shape index (κ3) is 2.69. The standard InChI is InChI=1S/C24H11BrO8/c25-15-7-14(24(32)33)18-13(23(30)31)5-2-9-8-1-4-11(21(26)27)17-12(22(28)29)6-3-10(16(8)17)19(15)20(9)18/h1-7H,(H,26,27)(H,28,29)(H,30,31)(H,32,33). The fourth-order valence-electron chi connectivity index (χ4n) is 4.65. The summed E-state index contributed by atoms with van der Waals surface area (Å²) in [5.74, 6) is -5.19. The molecule has 0 aliphatic heterocycles. The Morgan fingerprint density at radius 2 is 0.879 bits per heavy atom. The molecule has 4 N–H and O–H groups in total. The van der Waals surface area contributed by atoms with Crippen LogP contribution in [0.25, 0.3) is 43.1 Å². The lowest BCUT2D eigenvalue weighted by molar-refractivity contribution is 0.0681. The van der Waals surface area contributed by atoms with Crippen molar-refractivity contribution in [2.45, 2.75) is 0 Å². The van der Waals surface area contributed by atoms with Gasteiger partial charge in [0.15, 0.2) is 0 Å². The molecule has 0 aromatic heterocycles. The van der Waals surface area contributed by atoms with E-state index in [1.165, 1.54) is 42.5 Å². The maximum atomic E-state index is 12.0. The van der Waals surface area contributed by atoms with Crippen LogP contribution in [0.4, 0.5) is 0 Å². The summed E-state index contributed by atoms with van der Waals surface area (Å²) in [4.78, 5) is 47.8. The molecule has 0 unspecified atom stereocenters. The number of carbonyl (C=O) groups is 4. The summed E-state index contributed by atoms with van der Waals surface area (Å²) in [7, 11) is 0. The summed E-state index contributed by atoms with van der Waals surface area (Å²) in [6.45, 7) is 0. The summed E-state index contributed by atoms with van der Waals surface area (Å²) in [5, 5.41) is 41.7. The Morgan fingerprint density at radius 1 is 0.485 bits per heavy atom. The van der Waals surface area contributed by atoms with Crippen molar-refractivity contribution in [3.63, 3.8) is 0 Å². The number of fused-ring (bicyclic) bond motifs is 2. The fourth-order valence-corrected chi connectivity index (χ4v) is 5.29. The third-order valence-corrected chi connectivity index (χ3v) is 6.50. The van der Waals surface area contributed by atoms with Crippen molar-refractivity contribution in [1.82, 2.24) is 0 Å². The Labute approximate surface area is 191 Å². The summed E-state index contributed by atoms with van der Waals surface area (Å²) in [6.07, 6.45) is 0. The summed E-state index contributed by atoms with van der Waals surface area (Å²) >= 11 is 3.39. The van der Waals surface area contributed by atoms with Crippen LogP contribution in [0, 0.1) is 0 Å². The molecule has 8 nitrogen and oxygen atoms in total. The van der Waals surface area contributed by atoms with Crippen molar-refractivity contribution in [2.75, 3.05) is 0 Å². The smallest absolute Gasteiger partial charge is 0.336 e. The van der Waals surface area contributed by atoms with E-state index in [9.17, 15) is 39.6 Å². The van der Waals surface area contributed by atoms with Crippen LogP contribution in [0.3, 0.4) is 0 Å². The van der Waals surface area contributed by atoms with E-state index < -0.39 is 23.9 Å². The molecule has 0 atom stereocenters. The van der Waals surface area contributed by atoms with Crippen molar-refractivity contribution in [3.8, 4) is 0 Å². The van der Waals surface area contributed by atoms with Gasteiger partial charge in [-0.3, -0.25) is 0 Å². The number of carboxylic acid groups (broad SMARTS) is 4. The molecule has 0 heterocycles. The molecule has 162 valence electrons. The van der Waals surface area contributed by atoms with Crippen LogP contribution < -0.4 is 0 Å². The Hall–Kier alpha value is -4.24. The second-order valence-electron chi connectivity index (χ2n) is 7.48. The Morgan fingerprint density at radius 3 is 1.33 bits per heavy atom. The molecule has 9 heteroatoms. The minimum atomic E-state index is -1.31. The first-order chi connectivity index (χ1) is 15.6. The van der Waals surface area contributed by atoms with Gasteiger partial charge in [-0.05, 0) is 45.8 Å². The Bertz CT molecular complexity index is 1710. The van der Waals surface area contributed by atoms with Crippen LogP contribution in [0.5, 0.6) is 0 Å². The van der Waals surface area contributed by atoms with E-state index in [-0.39, 0.29) is 33.0 Å². The van der Waals surface area contributed by atoms with Gasteiger partial charge in [-0.25, -0.2) is 19.2 Å². The monoisotopic (exact) mass is 506 g/mol. The van der Waals surface area contributed by atoms with Gasteiger partial charge >= 0.3 is 23.9 Å². The van der Waals surface area contributed by atoms with Gasteiger partial charge in [-0.15, -0.1) is 0 Å². The molecule has 5 aromatic carbocycles. The normalized spacial score (nSPS) is 11.5. The van der Waals surface area contributed by atoms with Crippen LogP contribution in [0.1, 0.15) is 41.4 Å². The lowest BCUT2D eigenvalue weighted by Gasteiger charge is -2.19.